The van der Waals surface area contributed by atoms with Crippen LogP contribution in [0, 0.1) is 11.6 Å². The molecule has 0 aliphatic rings. The molecule has 4 nitrogen and oxygen atoms in total. The van der Waals surface area contributed by atoms with E-state index in [1.165, 1.54) is 18.3 Å². The van der Waals surface area contributed by atoms with Crippen LogP contribution in [0.15, 0.2) is 30.5 Å². The lowest BCUT2D eigenvalue weighted by atomic mass is 10.2. The van der Waals surface area contributed by atoms with Gasteiger partial charge in [-0.3, -0.25) is 0 Å². The second-order valence-corrected chi connectivity index (χ2v) is 4.01. The average Bonchev–Trinajstić information content (AvgIpc) is 2.34. The zero-order valence-corrected chi connectivity index (χ0v) is 10.1. The number of hydrogen-bond acceptors (Lipinski definition) is 3. The number of nitrogens with one attached hydrogen (secondary N) is 1. The number of hydrogen-bond donors (Lipinski definition) is 2. The zero-order valence-electron chi connectivity index (χ0n) is 9.32. The van der Waals surface area contributed by atoms with Gasteiger partial charge in [0.1, 0.15) is 11.5 Å². The predicted molar refractivity (Wildman–Crippen MR) is 65.8 cm³/mol. The highest BCUT2D eigenvalue weighted by Gasteiger charge is 2.11. The van der Waals surface area contributed by atoms with Gasteiger partial charge in [-0.2, -0.15) is 0 Å². The summed E-state index contributed by atoms with van der Waals surface area (Å²) in [6.07, 6.45) is 1.21. The van der Waals surface area contributed by atoms with E-state index in [2.05, 4.69) is 10.3 Å². The van der Waals surface area contributed by atoms with Crippen molar-refractivity contribution in [3.63, 3.8) is 0 Å². The van der Waals surface area contributed by atoms with E-state index in [1.54, 1.807) is 0 Å². The molecule has 0 aliphatic heterocycles. The molecule has 1 aromatic heterocycles. The Morgan fingerprint density at radius 3 is 2.58 bits per heavy atom. The van der Waals surface area contributed by atoms with Crippen LogP contribution in [-0.4, -0.2) is 16.1 Å². The van der Waals surface area contributed by atoms with Crippen LogP contribution in [0.2, 0.25) is 5.02 Å². The molecule has 0 fully saturated rings. The van der Waals surface area contributed by atoms with Gasteiger partial charge in [-0.05, 0) is 18.2 Å². The largest absolute Gasteiger partial charge is 0.477 e. The minimum atomic E-state index is -1.17. The van der Waals surface area contributed by atoms with Crippen LogP contribution in [0.4, 0.5) is 20.2 Å². The van der Waals surface area contributed by atoms with Gasteiger partial charge >= 0.3 is 5.97 Å². The third kappa shape index (κ3) is 2.97. The van der Waals surface area contributed by atoms with Crippen molar-refractivity contribution in [1.29, 1.82) is 0 Å². The number of aromatic nitrogens is 1. The average molecular weight is 285 g/mol. The summed E-state index contributed by atoms with van der Waals surface area (Å²) in [6, 6.07) is 4.30. The summed E-state index contributed by atoms with van der Waals surface area (Å²) in [5.41, 5.74) is 0.0848. The topological polar surface area (TPSA) is 62.2 Å². The van der Waals surface area contributed by atoms with Crippen LogP contribution in [0.1, 0.15) is 10.5 Å². The molecule has 0 spiro atoms. The number of carboxylic acid groups (broad SMARTS) is 1. The Labute approximate surface area is 111 Å². The predicted octanol–water partition coefficient (Wildman–Crippen LogP) is 3.46. The van der Waals surface area contributed by atoms with Crippen LogP contribution >= 0.6 is 11.6 Å². The van der Waals surface area contributed by atoms with E-state index in [0.29, 0.717) is 11.8 Å². The van der Waals surface area contributed by atoms with E-state index in [9.17, 15) is 13.6 Å². The fraction of sp³-hybridized carbons (Fsp3) is 0. The molecule has 0 aliphatic carbocycles. The molecule has 0 saturated carbocycles. The van der Waals surface area contributed by atoms with Crippen LogP contribution in [0.3, 0.4) is 0 Å². The molecule has 0 unspecified atom stereocenters. The number of carbonyl (C=O) groups is 1. The molecule has 98 valence electrons. The van der Waals surface area contributed by atoms with Crippen molar-refractivity contribution in [3.05, 3.63) is 52.8 Å². The Bertz CT molecular complexity index is 609. The SMILES string of the molecule is O=C(O)c1ccc(Nc2c(F)cc(F)cc2Cl)cn1. The molecular formula is C12H7ClF2N2O2. The van der Waals surface area contributed by atoms with E-state index < -0.39 is 17.6 Å². The fourth-order valence-electron chi connectivity index (χ4n) is 1.40. The number of halogens is 3. The Balaban J connectivity index is 2.29. The van der Waals surface area contributed by atoms with Crippen LogP contribution in [-0.2, 0) is 0 Å². The van der Waals surface area contributed by atoms with Crippen molar-refractivity contribution < 1.29 is 18.7 Å². The summed E-state index contributed by atoms with van der Waals surface area (Å²) in [5.74, 6) is -2.81. The minimum Gasteiger partial charge on any atom is -0.477 e. The van der Waals surface area contributed by atoms with Crippen LogP contribution in [0.5, 0.6) is 0 Å². The van der Waals surface area contributed by atoms with Crippen LogP contribution < -0.4 is 5.32 Å². The first-order valence-corrected chi connectivity index (χ1v) is 5.46. The van der Waals surface area contributed by atoms with Crippen molar-refractivity contribution in [2.24, 2.45) is 0 Å². The second kappa shape index (κ2) is 5.19. The van der Waals surface area contributed by atoms with E-state index in [0.717, 1.165) is 6.07 Å². The Morgan fingerprint density at radius 2 is 2.05 bits per heavy atom. The van der Waals surface area contributed by atoms with Crippen LogP contribution in [0.25, 0.3) is 0 Å². The molecule has 2 rings (SSSR count). The van der Waals surface area contributed by atoms with Crippen molar-refractivity contribution in [1.82, 2.24) is 4.98 Å². The first-order chi connectivity index (χ1) is 8.97. The molecule has 0 bridgehead atoms. The standard InChI is InChI=1S/C12H7ClF2N2O2/c13-8-3-6(14)4-9(15)11(8)17-7-1-2-10(12(18)19)16-5-7/h1-5,17H,(H,18,19). The molecule has 0 amide bonds. The van der Waals surface area contributed by atoms with E-state index in [1.807, 2.05) is 0 Å². The highest BCUT2D eigenvalue weighted by molar-refractivity contribution is 6.33. The molecule has 1 aromatic carbocycles. The monoisotopic (exact) mass is 284 g/mol. The summed E-state index contributed by atoms with van der Waals surface area (Å²) >= 11 is 5.71. The summed E-state index contributed by atoms with van der Waals surface area (Å²) < 4.78 is 26.4. The quantitative estimate of drug-likeness (QED) is 0.906. The number of benzene rings is 1. The molecule has 0 atom stereocenters. The van der Waals surface area contributed by atoms with Crippen molar-refractivity contribution >= 4 is 28.9 Å². The zero-order chi connectivity index (χ0) is 14.0. The maximum absolute atomic E-state index is 13.5. The lowest BCUT2D eigenvalue weighted by Crippen LogP contribution is -2.01. The molecular weight excluding hydrogens is 278 g/mol. The van der Waals surface area contributed by atoms with E-state index in [4.69, 9.17) is 16.7 Å². The highest BCUT2D eigenvalue weighted by Crippen LogP contribution is 2.29. The molecule has 0 saturated heterocycles. The number of rotatable bonds is 3. The summed E-state index contributed by atoms with van der Waals surface area (Å²) in [7, 11) is 0. The minimum absolute atomic E-state index is 0.104. The summed E-state index contributed by atoms with van der Waals surface area (Å²) in [6.45, 7) is 0. The molecule has 1 heterocycles. The Morgan fingerprint density at radius 1 is 1.32 bits per heavy atom. The lowest BCUT2D eigenvalue weighted by molar-refractivity contribution is 0.0690. The molecule has 19 heavy (non-hydrogen) atoms. The maximum Gasteiger partial charge on any atom is 0.354 e. The maximum atomic E-state index is 13.5. The van der Waals surface area contributed by atoms with Gasteiger partial charge in [0.25, 0.3) is 0 Å². The van der Waals surface area contributed by atoms with E-state index >= 15 is 0 Å². The van der Waals surface area contributed by atoms with E-state index in [-0.39, 0.29) is 16.4 Å². The first kappa shape index (κ1) is 13.2. The molecule has 7 heteroatoms. The summed E-state index contributed by atoms with van der Waals surface area (Å²) in [4.78, 5) is 14.3. The summed E-state index contributed by atoms with van der Waals surface area (Å²) in [5, 5.41) is 11.2. The number of pyridine rings is 1. The normalized spacial score (nSPS) is 10.3. The number of nitrogens with zero attached hydrogens (tertiary/aromatic N) is 1. The van der Waals surface area contributed by atoms with Gasteiger partial charge in [0.15, 0.2) is 5.82 Å². The molecule has 2 N–H and O–H groups in total. The first-order valence-electron chi connectivity index (χ1n) is 5.08. The highest BCUT2D eigenvalue weighted by atomic mass is 35.5. The molecule has 0 radical (unpaired) electrons. The van der Waals surface area contributed by atoms with Gasteiger partial charge in [-0.25, -0.2) is 18.6 Å². The smallest absolute Gasteiger partial charge is 0.354 e. The van der Waals surface area contributed by atoms with Gasteiger partial charge in [-0.1, -0.05) is 11.6 Å². The lowest BCUT2D eigenvalue weighted by Gasteiger charge is -2.09. The van der Waals surface area contributed by atoms with Crippen molar-refractivity contribution in [3.8, 4) is 0 Å². The Hall–Kier alpha value is -2.21. The van der Waals surface area contributed by atoms with Crippen molar-refractivity contribution in [2.75, 3.05) is 5.32 Å². The van der Waals surface area contributed by atoms with Gasteiger partial charge in [-0.15, -0.1) is 0 Å². The van der Waals surface area contributed by atoms with Gasteiger partial charge in [0, 0.05) is 6.07 Å². The van der Waals surface area contributed by atoms with Gasteiger partial charge in [0.2, 0.25) is 0 Å². The second-order valence-electron chi connectivity index (χ2n) is 3.61. The van der Waals surface area contributed by atoms with Crippen molar-refractivity contribution in [2.45, 2.75) is 0 Å². The number of aromatic carboxylic acids is 1. The Kier molecular flexibility index (Phi) is 3.62. The van der Waals surface area contributed by atoms with Gasteiger partial charge in [0.05, 0.1) is 22.6 Å². The molecule has 2 aromatic rings. The fourth-order valence-corrected chi connectivity index (χ4v) is 1.64. The number of anilines is 2. The van der Waals surface area contributed by atoms with Gasteiger partial charge < -0.3 is 10.4 Å². The number of carboxylic acids is 1. The third-order valence-corrected chi connectivity index (χ3v) is 2.56. The third-order valence-electron chi connectivity index (χ3n) is 2.26.